The molecule has 1 aliphatic carbocycles. The van der Waals surface area contributed by atoms with Gasteiger partial charge in [0, 0.05) is 29.1 Å². The number of pyridine rings is 2. The molecule has 2 aromatic heterocycles. The molecule has 0 spiro atoms. The lowest BCUT2D eigenvalue weighted by Gasteiger charge is -2.31. The number of aromatic nitrogens is 2. The molecule has 2 amide bonds. The van der Waals surface area contributed by atoms with E-state index in [-0.39, 0.29) is 37.2 Å². The molecule has 0 saturated carbocycles. The second-order valence-corrected chi connectivity index (χ2v) is 12.9. The van der Waals surface area contributed by atoms with Crippen LogP contribution in [-0.4, -0.2) is 50.8 Å². The highest BCUT2D eigenvalue weighted by Gasteiger charge is 2.46. The fraction of sp³-hybridized carbons (Fsp3) is 0.469. The first-order valence-corrected chi connectivity index (χ1v) is 15.0. The summed E-state index contributed by atoms with van der Waals surface area (Å²) >= 11 is 0. The van der Waals surface area contributed by atoms with Crippen LogP contribution in [0.3, 0.4) is 0 Å². The number of ether oxygens (including phenoxy) is 2. The summed E-state index contributed by atoms with van der Waals surface area (Å²) in [5.41, 5.74) is 7.16. The van der Waals surface area contributed by atoms with Gasteiger partial charge in [-0.3, -0.25) is 9.59 Å². The molecule has 238 valence electrons. The van der Waals surface area contributed by atoms with E-state index in [1.165, 1.54) is 10.6 Å². The zero-order valence-corrected chi connectivity index (χ0v) is 25.8. The molecule has 0 fully saturated rings. The van der Waals surface area contributed by atoms with E-state index in [0.717, 1.165) is 5.56 Å². The minimum atomic E-state index is -1.99. The van der Waals surface area contributed by atoms with Crippen molar-refractivity contribution in [3.8, 4) is 11.4 Å². The highest BCUT2D eigenvalue weighted by atomic mass is 19.1. The van der Waals surface area contributed by atoms with Crippen LogP contribution in [0.15, 0.2) is 16.9 Å². The number of nitrogens with one attached hydrogen (secondary N) is 2. The number of benzene rings is 1. The summed E-state index contributed by atoms with van der Waals surface area (Å²) in [6.07, 6.45) is 0.196. The maximum absolute atomic E-state index is 15.1. The van der Waals surface area contributed by atoms with Gasteiger partial charge in [0.25, 0.3) is 5.56 Å². The fourth-order valence-electron chi connectivity index (χ4n) is 6.58. The number of halogens is 1. The number of alkyl carbamates (subject to hydrolysis) is 1. The Bertz CT molecular complexity index is 1860. The highest BCUT2D eigenvalue weighted by molar-refractivity contribution is 5.94. The first-order valence-electron chi connectivity index (χ1n) is 15.0. The monoisotopic (exact) mass is 621 g/mol. The van der Waals surface area contributed by atoms with Crippen molar-refractivity contribution < 1.29 is 33.4 Å². The third-order valence-electron chi connectivity index (χ3n) is 8.90. The van der Waals surface area contributed by atoms with Crippen LogP contribution in [0.4, 0.5) is 9.18 Å². The van der Waals surface area contributed by atoms with Crippen molar-refractivity contribution >= 4 is 28.9 Å². The van der Waals surface area contributed by atoms with Crippen molar-refractivity contribution in [2.24, 2.45) is 5.73 Å². The maximum atomic E-state index is 15.1. The number of hydrogen-bond acceptors (Lipinski definition) is 9. The minimum absolute atomic E-state index is 0.00399. The summed E-state index contributed by atoms with van der Waals surface area (Å²) in [6.45, 7) is 8.18. The van der Waals surface area contributed by atoms with Crippen LogP contribution in [0.5, 0.6) is 0 Å². The van der Waals surface area contributed by atoms with Gasteiger partial charge >= 0.3 is 12.1 Å². The fourth-order valence-corrected chi connectivity index (χ4v) is 6.58. The van der Waals surface area contributed by atoms with Crippen LogP contribution >= 0.6 is 0 Å². The summed E-state index contributed by atoms with van der Waals surface area (Å²) in [5, 5.41) is 17.5. The Morgan fingerprint density at radius 2 is 2.00 bits per heavy atom. The molecule has 0 unspecified atom stereocenters. The third-order valence-corrected chi connectivity index (χ3v) is 8.90. The molecule has 13 heteroatoms. The predicted molar refractivity (Wildman–Crippen MR) is 161 cm³/mol. The summed E-state index contributed by atoms with van der Waals surface area (Å²) < 4.78 is 27.0. The van der Waals surface area contributed by atoms with E-state index in [1.807, 2.05) is 0 Å². The summed E-state index contributed by atoms with van der Waals surface area (Å²) in [7, 11) is 0. The van der Waals surface area contributed by atoms with Gasteiger partial charge in [-0.1, -0.05) is 6.92 Å². The quantitative estimate of drug-likeness (QED) is 0.244. The number of amides is 2. The van der Waals surface area contributed by atoms with Crippen LogP contribution in [0.1, 0.15) is 80.0 Å². The van der Waals surface area contributed by atoms with Crippen LogP contribution < -0.4 is 21.9 Å². The average Bonchev–Trinajstić information content (AvgIpc) is 3.35. The number of fused-ring (bicyclic) bond motifs is 5. The lowest BCUT2D eigenvalue weighted by Crippen LogP contribution is -2.49. The first kappa shape index (κ1) is 30.7. The Balaban J connectivity index is 1.42. The topological polar surface area (TPSA) is 175 Å². The Hall–Kier alpha value is -4.36. The zero-order valence-electron chi connectivity index (χ0n) is 25.8. The van der Waals surface area contributed by atoms with Crippen molar-refractivity contribution in [2.75, 3.05) is 6.54 Å². The molecular formula is C32H36FN5O7. The van der Waals surface area contributed by atoms with Crippen molar-refractivity contribution in [1.82, 2.24) is 20.2 Å². The van der Waals surface area contributed by atoms with E-state index in [4.69, 9.17) is 20.2 Å². The maximum Gasteiger partial charge on any atom is 0.407 e. The van der Waals surface area contributed by atoms with E-state index >= 15 is 4.39 Å². The van der Waals surface area contributed by atoms with Gasteiger partial charge in [0.15, 0.2) is 5.60 Å². The Kier molecular flexibility index (Phi) is 7.24. The predicted octanol–water partition coefficient (Wildman–Crippen LogP) is 2.48. The third kappa shape index (κ3) is 4.94. The molecule has 2 aliphatic heterocycles. The second-order valence-electron chi connectivity index (χ2n) is 12.9. The number of carbonyl (C=O) groups excluding carboxylic acids is 3. The number of hydrogen-bond donors (Lipinski definition) is 4. The first-order chi connectivity index (χ1) is 21.1. The van der Waals surface area contributed by atoms with Gasteiger partial charge in [0.05, 0.1) is 35.1 Å². The van der Waals surface area contributed by atoms with Gasteiger partial charge in [-0.25, -0.2) is 19.0 Å². The Morgan fingerprint density at radius 3 is 2.69 bits per heavy atom. The normalized spacial score (nSPS) is 20.5. The number of cyclic esters (lactones) is 1. The molecule has 4 heterocycles. The zero-order chi connectivity index (χ0) is 32.6. The van der Waals surface area contributed by atoms with Gasteiger partial charge in [0.1, 0.15) is 24.1 Å². The summed E-state index contributed by atoms with van der Waals surface area (Å²) in [5.74, 6) is -1.76. The van der Waals surface area contributed by atoms with E-state index in [0.29, 0.717) is 51.8 Å². The van der Waals surface area contributed by atoms with E-state index in [9.17, 15) is 24.3 Å². The van der Waals surface area contributed by atoms with Crippen molar-refractivity contribution in [3.05, 3.63) is 61.7 Å². The van der Waals surface area contributed by atoms with Gasteiger partial charge in [-0.15, -0.1) is 0 Å². The molecule has 12 nitrogen and oxygen atoms in total. The van der Waals surface area contributed by atoms with Crippen molar-refractivity contribution in [2.45, 2.75) is 90.3 Å². The largest absolute Gasteiger partial charge is 0.458 e. The molecular weight excluding hydrogens is 585 g/mol. The number of rotatable bonds is 5. The molecule has 1 aromatic carbocycles. The van der Waals surface area contributed by atoms with E-state index in [1.54, 1.807) is 40.7 Å². The average molecular weight is 622 g/mol. The number of nitrogens with two attached hydrogens (primary N) is 1. The van der Waals surface area contributed by atoms with E-state index < -0.39 is 52.6 Å². The van der Waals surface area contributed by atoms with Crippen LogP contribution in [-0.2, 0) is 44.2 Å². The van der Waals surface area contributed by atoms with Crippen LogP contribution in [0.25, 0.3) is 22.3 Å². The number of nitrogens with zero attached hydrogens (tertiary/aromatic N) is 2. The van der Waals surface area contributed by atoms with Gasteiger partial charge in [-0.2, -0.15) is 0 Å². The number of carbonyl (C=O) groups is 3. The SMILES string of the molecule is CC[C@@]1(O)C(=O)OCc2c1cc1n(c2=O)Cc2c-1nc1cc(F)c(C)c3c1c2[C@@H](NC(=O)[C@@H](N)CNC(=O)OC(C)(C)C)CC3. The van der Waals surface area contributed by atoms with Crippen molar-refractivity contribution in [3.63, 3.8) is 0 Å². The molecule has 0 saturated heterocycles. The number of aliphatic hydroxyl groups is 1. The lowest BCUT2D eigenvalue weighted by atomic mass is 9.81. The highest BCUT2D eigenvalue weighted by Crippen LogP contribution is 2.45. The molecule has 3 atom stereocenters. The Morgan fingerprint density at radius 1 is 1.27 bits per heavy atom. The van der Waals surface area contributed by atoms with E-state index in [2.05, 4.69) is 10.6 Å². The number of aryl methyl sites for hydroxylation is 1. The van der Waals surface area contributed by atoms with Gasteiger partial charge in [-0.05, 0) is 69.7 Å². The van der Waals surface area contributed by atoms with Crippen molar-refractivity contribution in [1.29, 1.82) is 0 Å². The second kappa shape index (κ2) is 10.6. The molecule has 6 rings (SSSR count). The lowest BCUT2D eigenvalue weighted by molar-refractivity contribution is -0.172. The standard InChI is InChI=1S/C32H36FN5O7/c1-6-32(43)18-9-23-26-16(12-38(23)28(40)17(18)13-44-29(32)41)25-21(8-7-15-14(2)19(33)10-22(36-26)24(15)25)37-27(39)20(34)11-35-30(42)45-31(3,4)5/h9-10,20-21,43H,6-8,11-13,34H2,1-5H3,(H,35,42)(H,37,39)/t20-,21-,32-/m0/s1. The van der Waals surface area contributed by atoms with Gasteiger partial charge in [0.2, 0.25) is 5.91 Å². The molecule has 3 aromatic rings. The molecule has 5 N–H and O–H groups in total. The Labute approximate surface area is 258 Å². The molecule has 45 heavy (non-hydrogen) atoms. The summed E-state index contributed by atoms with van der Waals surface area (Å²) in [6, 6.07) is 1.30. The molecule has 0 radical (unpaired) electrons. The molecule has 3 aliphatic rings. The van der Waals surface area contributed by atoms with Crippen LogP contribution in [0, 0.1) is 12.7 Å². The van der Waals surface area contributed by atoms with Gasteiger partial charge < -0.3 is 35.5 Å². The smallest absolute Gasteiger partial charge is 0.407 e. The molecule has 0 bridgehead atoms. The summed E-state index contributed by atoms with van der Waals surface area (Å²) in [4.78, 5) is 56.6. The minimum Gasteiger partial charge on any atom is -0.458 e. The van der Waals surface area contributed by atoms with Crippen LogP contribution in [0.2, 0.25) is 0 Å². The number of esters is 1.